The number of carbonyl (C=O) groups excluding carboxylic acids is 1. The summed E-state index contributed by atoms with van der Waals surface area (Å²) in [6.07, 6.45) is 1.70. The van der Waals surface area contributed by atoms with Crippen LogP contribution in [0.25, 0.3) is 0 Å². The Morgan fingerprint density at radius 1 is 1.50 bits per heavy atom. The first-order valence-corrected chi connectivity index (χ1v) is 6.23. The molecule has 0 atom stereocenters. The van der Waals surface area contributed by atoms with Gasteiger partial charge in [0.1, 0.15) is 6.61 Å². The van der Waals surface area contributed by atoms with Crippen LogP contribution in [0.4, 0.5) is 10.5 Å². The summed E-state index contributed by atoms with van der Waals surface area (Å²) in [5.41, 5.74) is 2.02. The average molecular weight is 323 g/mol. The van der Waals surface area contributed by atoms with Gasteiger partial charge < -0.3 is 8.27 Å². The maximum atomic E-state index is 10.8. The molecule has 0 aliphatic rings. The summed E-state index contributed by atoms with van der Waals surface area (Å²) in [7, 11) is 0. The van der Waals surface area contributed by atoms with Gasteiger partial charge in [-0.3, -0.25) is 0 Å². The van der Waals surface area contributed by atoms with Gasteiger partial charge in [-0.05, 0) is 35.7 Å². The molecule has 0 unspecified atom stereocenters. The van der Waals surface area contributed by atoms with E-state index in [1.165, 1.54) is 0 Å². The molecule has 1 rings (SSSR count). The van der Waals surface area contributed by atoms with E-state index in [4.69, 9.17) is 4.74 Å². The van der Waals surface area contributed by atoms with Crippen LogP contribution in [-0.2, 0) is 11.3 Å². The summed E-state index contributed by atoms with van der Waals surface area (Å²) in [4.78, 5) is 10.8. The van der Waals surface area contributed by atoms with Crippen LogP contribution in [0.5, 0.6) is 0 Å². The van der Waals surface area contributed by atoms with E-state index in [2.05, 4.69) is 26.4 Å². The van der Waals surface area contributed by atoms with Crippen molar-refractivity contribution < 1.29 is 9.53 Å². The van der Waals surface area contributed by atoms with Crippen LogP contribution >= 0.6 is 34.6 Å². The first kappa shape index (κ1) is 11.6. The lowest BCUT2D eigenvalue weighted by molar-refractivity contribution is 0.169. The van der Waals surface area contributed by atoms with Gasteiger partial charge in [-0.25, -0.2) is 4.79 Å². The van der Waals surface area contributed by atoms with E-state index in [0.29, 0.717) is 6.61 Å². The summed E-state index contributed by atoms with van der Waals surface area (Å²) in [6.45, 7) is 0.335. The number of hydrogen-bond donors (Lipinski definition) is 1. The first-order chi connectivity index (χ1) is 6.76. The Morgan fingerprint density at radius 3 is 2.64 bits per heavy atom. The van der Waals surface area contributed by atoms with Crippen LogP contribution in [0.1, 0.15) is 5.56 Å². The Morgan fingerprint density at radius 2 is 2.14 bits per heavy atom. The van der Waals surface area contributed by atoms with E-state index in [1.807, 2.05) is 24.3 Å². The van der Waals surface area contributed by atoms with Crippen LogP contribution in [0.2, 0.25) is 0 Å². The van der Waals surface area contributed by atoms with Gasteiger partial charge in [0, 0.05) is 5.69 Å². The van der Waals surface area contributed by atoms with Crippen LogP contribution < -0.4 is 3.53 Å². The molecule has 1 N–H and O–H groups in total. The molecule has 0 aliphatic carbocycles. The second kappa shape index (κ2) is 6.13. The number of ether oxygens (including phenoxy) is 1. The van der Waals surface area contributed by atoms with Crippen molar-refractivity contribution in [3.8, 4) is 0 Å². The molecule has 1 aromatic carbocycles. The van der Waals surface area contributed by atoms with Gasteiger partial charge in [-0.1, -0.05) is 12.1 Å². The zero-order valence-electron chi connectivity index (χ0n) is 7.62. The number of nitrogens with one attached hydrogen (secondary N) is 1. The maximum Gasteiger partial charge on any atom is 0.367 e. The normalized spacial score (nSPS) is 9.57. The molecule has 1 aromatic rings. The van der Waals surface area contributed by atoms with Crippen molar-refractivity contribution in [1.29, 1.82) is 0 Å². The number of thioether (sulfide) groups is 1. The third kappa shape index (κ3) is 3.75. The van der Waals surface area contributed by atoms with E-state index >= 15 is 0 Å². The van der Waals surface area contributed by atoms with E-state index in [9.17, 15) is 4.79 Å². The number of hydrogen-bond acceptors (Lipinski definition) is 4. The monoisotopic (exact) mass is 323 g/mol. The van der Waals surface area contributed by atoms with Crippen molar-refractivity contribution in [2.45, 2.75) is 6.61 Å². The average Bonchev–Trinajstić information content (AvgIpc) is 2.26. The van der Waals surface area contributed by atoms with Crippen molar-refractivity contribution >= 4 is 45.6 Å². The lowest BCUT2D eigenvalue weighted by Crippen LogP contribution is -1.96. The minimum atomic E-state index is -0.249. The van der Waals surface area contributed by atoms with Crippen LogP contribution in [0.3, 0.4) is 0 Å². The Bertz CT molecular complexity index is 302. The molecular formula is C9H10INO2S. The Balaban J connectivity index is 2.47. The molecule has 0 aliphatic heterocycles. The van der Waals surface area contributed by atoms with Gasteiger partial charge in [0.15, 0.2) is 0 Å². The number of rotatable bonds is 3. The second-order valence-electron chi connectivity index (χ2n) is 2.53. The van der Waals surface area contributed by atoms with E-state index in [-0.39, 0.29) is 5.30 Å². The second-order valence-corrected chi connectivity index (χ2v) is 3.82. The molecule has 0 radical (unpaired) electrons. The minimum Gasteiger partial charge on any atom is -0.453 e. The standard InChI is InChI=1S/C9H10INO2S/c1-14-9(12)13-6-7-2-4-8(11-10)5-3-7/h2-5,11H,6H2,1H3. The molecule has 0 fully saturated rings. The number of anilines is 1. The molecule has 0 spiro atoms. The highest BCUT2D eigenvalue weighted by molar-refractivity contribution is 14.1. The largest absolute Gasteiger partial charge is 0.453 e. The van der Waals surface area contributed by atoms with E-state index in [0.717, 1.165) is 23.0 Å². The van der Waals surface area contributed by atoms with Crippen molar-refractivity contribution in [3.63, 3.8) is 0 Å². The van der Waals surface area contributed by atoms with Crippen molar-refractivity contribution in [2.75, 3.05) is 9.79 Å². The third-order valence-electron chi connectivity index (χ3n) is 1.59. The molecule has 0 heterocycles. The highest BCUT2D eigenvalue weighted by atomic mass is 127. The quantitative estimate of drug-likeness (QED) is 0.525. The lowest BCUT2D eigenvalue weighted by Gasteiger charge is -2.03. The van der Waals surface area contributed by atoms with E-state index in [1.54, 1.807) is 6.26 Å². The smallest absolute Gasteiger partial charge is 0.367 e. The Hall–Kier alpha value is -0.430. The summed E-state index contributed by atoms with van der Waals surface area (Å²) >= 11 is 3.14. The zero-order chi connectivity index (χ0) is 10.4. The molecular weight excluding hydrogens is 313 g/mol. The highest BCUT2D eigenvalue weighted by Gasteiger charge is 1.99. The minimum absolute atomic E-state index is 0.249. The van der Waals surface area contributed by atoms with Crippen LogP contribution in [0, 0.1) is 0 Å². The highest BCUT2D eigenvalue weighted by Crippen LogP contribution is 2.12. The van der Waals surface area contributed by atoms with E-state index < -0.39 is 0 Å². The van der Waals surface area contributed by atoms with Gasteiger partial charge in [-0.2, -0.15) is 0 Å². The number of benzene rings is 1. The fourth-order valence-electron chi connectivity index (χ4n) is 0.865. The number of halogens is 1. The molecule has 5 heteroatoms. The van der Waals surface area contributed by atoms with Gasteiger partial charge in [0.2, 0.25) is 0 Å². The molecule has 3 nitrogen and oxygen atoms in total. The molecule has 0 saturated carbocycles. The predicted octanol–water partition coefficient (Wildman–Crippen LogP) is 3.45. The summed E-state index contributed by atoms with van der Waals surface area (Å²) < 4.78 is 7.94. The fourth-order valence-corrected chi connectivity index (χ4v) is 1.40. The summed E-state index contributed by atoms with van der Waals surface area (Å²) in [5, 5.41) is -0.249. The molecule has 0 aromatic heterocycles. The van der Waals surface area contributed by atoms with Crippen molar-refractivity contribution in [3.05, 3.63) is 29.8 Å². The topological polar surface area (TPSA) is 38.3 Å². The fraction of sp³-hybridized carbons (Fsp3) is 0.222. The lowest BCUT2D eigenvalue weighted by atomic mass is 10.2. The van der Waals surface area contributed by atoms with Gasteiger partial charge in [0.05, 0.1) is 22.9 Å². The number of carbonyl (C=O) groups is 1. The van der Waals surface area contributed by atoms with Gasteiger partial charge >= 0.3 is 5.30 Å². The zero-order valence-corrected chi connectivity index (χ0v) is 10.6. The molecule has 0 amide bonds. The Kier molecular flexibility index (Phi) is 5.10. The Labute approximate surface area is 101 Å². The third-order valence-corrected chi connectivity index (χ3v) is 2.66. The molecule has 0 bridgehead atoms. The van der Waals surface area contributed by atoms with Crippen molar-refractivity contribution in [1.82, 2.24) is 0 Å². The predicted molar refractivity (Wildman–Crippen MR) is 67.8 cm³/mol. The maximum absolute atomic E-state index is 10.8. The van der Waals surface area contributed by atoms with Gasteiger partial charge in [-0.15, -0.1) is 0 Å². The molecule has 14 heavy (non-hydrogen) atoms. The van der Waals surface area contributed by atoms with Gasteiger partial charge in [0.25, 0.3) is 0 Å². The van der Waals surface area contributed by atoms with Crippen LogP contribution in [0.15, 0.2) is 24.3 Å². The molecule has 0 saturated heterocycles. The van der Waals surface area contributed by atoms with Crippen molar-refractivity contribution in [2.24, 2.45) is 0 Å². The first-order valence-electron chi connectivity index (χ1n) is 3.92. The SMILES string of the molecule is CSC(=O)OCc1ccc(NI)cc1. The summed E-state index contributed by atoms with van der Waals surface area (Å²) in [6, 6.07) is 7.73. The van der Waals surface area contributed by atoms with Crippen LogP contribution in [-0.4, -0.2) is 11.6 Å². The molecule has 76 valence electrons. The summed E-state index contributed by atoms with van der Waals surface area (Å²) in [5.74, 6) is 0.